The number of aromatic amines is 2. The molecule has 0 radical (unpaired) electrons. The Hall–Kier alpha value is -2.55. The van der Waals surface area contributed by atoms with Gasteiger partial charge in [-0.3, -0.25) is 9.36 Å². The van der Waals surface area contributed by atoms with E-state index in [-0.39, 0.29) is 5.78 Å². The van der Waals surface area contributed by atoms with Crippen molar-refractivity contribution >= 4 is 52.3 Å². The SMILES string of the molecule is CC(=O)c1ccc2c(c1)[nH]c(=S)n2C.COCn1c(=S)[nH]c2ccccc21. The molecule has 27 heavy (non-hydrogen) atoms. The molecule has 4 aromatic rings. The number of aryl methyl sites for hydroxylation is 1. The number of methoxy groups -OCH3 is 1. The highest BCUT2D eigenvalue weighted by atomic mass is 32.1. The number of benzene rings is 2. The molecule has 2 heterocycles. The van der Waals surface area contributed by atoms with Crippen LogP contribution in [0.2, 0.25) is 0 Å². The fourth-order valence-corrected chi connectivity index (χ4v) is 3.29. The Labute approximate surface area is 166 Å². The van der Waals surface area contributed by atoms with E-state index in [1.54, 1.807) is 14.0 Å². The summed E-state index contributed by atoms with van der Waals surface area (Å²) in [6, 6.07) is 13.5. The zero-order valence-electron chi connectivity index (χ0n) is 15.3. The second kappa shape index (κ2) is 7.99. The molecule has 0 aliphatic carbocycles. The summed E-state index contributed by atoms with van der Waals surface area (Å²) in [5, 5.41) is 0. The molecule has 0 bridgehead atoms. The zero-order chi connectivity index (χ0) is 19.6. The molecule has 140 valence electrons. The van der Waals surface area contributed by atoms with Crippen LogP contribution in [0.25, 0.3) is 22.1 Å². The Morgan fingerprint density at radius 1 is 1.04 bits per heavy atom. The van der Waals surface area contributed by atoms with Gasteiger partial charge in [-0.05, 0) is 61.7 Å². The van der Waals surface area contributed by atoms with Crippen LogP contribution >= 0.6 is 24.4 Å². The van der Waals surface area contributed by atoms with E-state index in [9.17, 15) is 4.79 Å². The van der Waals surface area contributed by atoms with Crippen LogP contribution in [0.3, 0.4) is 0 Å². The number of rotatable bonds is 3. The molecule has 2 aromatic heterocycles. The predicted octanol–water partition coefficient (Wildman–Crippen LogP) is 4.74. The molecule has 0 aliphatic heterocycles. The molecule has 6 nitrogen and oxygen atoms in total. The van der Waals surface area contributed by atoms with Gasteiger partial charge in [0.15, 0.2) is 15.3 Å². The Morgan fingerprint density at radius 3 is 2.44 bits per heavy atom. The molecule has 2 aromatic carbocycles. The molecule has 0 atom stereocenters. The summed E-state index contributed by atoms with van der Waals surface area (Å²) in [5.41, 5.74) is 4.75. The molecule has 0 saturated carbocycles. The number of imidazole rings is 2. The minimum Gasteiger partial charge on any atom is -0.364 e. The molecular formula is C19H20N4O2S2. The Balaban J connectivity index is 0.000000156. The standard InChI is InChI=1S/C10H10N2OS.C9H10N2OS/c1-6(13)7-3-4-9-8(5-7)11-10(14)12(9)2;1-12-6-11-8-5-3-2-4-7(8)10-9(11)13/h3-5H,1-2H3,(H,11,14);2-5H,6H2,1H3,(H,10,13). The number of Topliss-reactive ketones (excluding diaryl/α,β-unsaturated/α-hetero) is 1. The molecule has 4 rings (SSSR count). The van der Waals surface area contributed by atoms with Crippen molar-refractivity contribution in [3.05, 3.63) is 57.6 Å². The van der Waals surface area contributed by atoms with Crippen LogP contribution in [0.15, 0.2) is 42.5 Å². The van der Waals surface area contributed by atoms with Crippen LogP contribution in [0.5, 0.6) is 0 Å². The highest BCUT2D eigenvalue weighted by Gasteiger charge is 2.04. The van der Waals surface area contributed by atoms with Crippen molar-refractivity contribution in [2.24, 2.45) is 7.05 Å². The summed E-state index contributed by atoms with van der Waals surface area (Å²) in [4.78, 5) is 17.3. The van der Waals surface area contributed by atoms with Crippen molar-refractivity contribution < 1.29 is 9.53 Å². The van der Waals surface area contributed by atoms with Crippen LogP contribution in [0, 0.1) is 9.54 Å². The third-order valence-corrected chi connectivity index (χ3v) is 4.95. The Kier molecular flexibility index (Phi) is 5.69. The monoisotopic (exact) mass is 400 g/mol. The van der Waals surface area contributed by atoms with Gasteiger partial charge in [-0.25, -0.2) is 0 Å². The minimum absolute atomic E-state index is 0.0649. The average molecular weight is 401 g/mol. The van der Waals surface area contributed by atoms with E-state index in [0.717, 1.165) is 22.1 Å². The number of hydrogen-bond donors (Lipinski definition) is 2. The largest absolute Gasteiger partial charge is 0.364 e. The number of fused-ring (bicyclic) bond motifs is 2. The van der Waals surface area contributed by atoms with Crippen LogP contribution in [-0.2, 0) is 18.5 Å². The van der Waals surface area contributed by atoms with Crippen LogP contribution in [0.1, 0.15) is 17.3 Å². The first-order chi connectivity index (χ1) is 12.9. The number of carbonyl (C=O) groups excluding carboxylic acids is 1. The normalized spacial score (nSPS) is 10.8. The van der Waals surface area contributed by atoms with Crippen molar-refractivity contribution in [2.45, 2.75) is 13.7 Å². The van der Waals surface area contributed by atoms with E-state index in [4.69, 9.17) is 29.2 Å². The first-order valence-electron chi connectivity index (χ1n) is 8.28. The minimum atomic E-state index is 0.0649. The van der Waals surface area contributed by atoms with E-state index in [1.807, 2.05) is 58.6 Å². The number of ketones is 1. The summed E-state index contributed by atoms with van der Waals surface area (Å²) < 4.78 is 10.2. The summed E-state index contributed by atoms with van der Waals surface area (Å²) in [6.45, 7) is 2.04. The van der Waals surface area contributed by atoms with Crippen LogP contribution in [0.4, 0.5) is 0 Å². The fourth-order valence-electron chi connectivity index (χ4n) is 2.82. The molecule has 0 unspecified atom stereocenters. The number of aromatic nitrogens is 4. The van der Waals surface area contributed by atoms with Crippen molar-refractivity contribution in [1.29, 1.82) is 0 Å². The summed E-state index contributed by atoms with van der Waals surface area (Å²) in [6.07, 6.45) is 0. The second-order valence-electron chi connectivity index (χ2n) is 6.07. The quantitative estimate of drug-likeness (QED) is 0.385. The van der Waals surface area contributed by atoms with E-state index in [0.29, 0.717) is 21.8 Å². The van der Waals surface area contributed by atoms with E-state index < -0.39 is 0 Å². The van der Waals surface area contributed by atoms with Crippen LogP contribution < -0.4 is 0 Å². The Morgan fingerprint density at radius 2 is 1.74 bits per heavy atom. The number of para-hydroxylation sites is 2. The lowest BCUT2D eigenvalue weighted by atomic mass is 10.1. The highest BCUT2D eigenvalue weighted by molar-refractivity contribution is 7.71. The number of hydrogen-bond acceptors (Lipinski definition) is 4. The van der Waals surface area contributed by atoms with Crippen LogP contribution in [-0.4, -0.2) is 32.0 Å². The molecule has 0 aliphatic rings. The maximum Gasteiger partial charge on any atom is 0.180 e. The molecule has 8 heteroatoms. The molecule has 2 N–H and O–H groups in total. The fraction of sp³-hybridized carbons (Fsp3) is 0.211. The summed E-state index contributed by atoms with van der Waals surface area (Å²) in [5.74, 6) is 0.0649. The van der Waals surface area contributed by atoms with E-state index >= 15 is 0 Å². The third-order valence-electron chi connectivity index (χ3n) is 4.25. The molecule has 0 fully saturated rings. The maximum absolute atomic E-state index is 11.1. The molecular weight excluding hydrogens is 380 g/mol. The van der Waals surface area contributed by atoms with Crippen molar-refractivity contribution in [3.8, 4) is 0 Å². The van der Waals surface area contributed by atoms with Gasteiger partial charge in [-0.15, -0.1) is 0 Å². The number of carbonyl (C=O) groups is 1. The summed E-state index contributed by atoms with van der Waals surface area (Å²) >= 11 is 10.2. The number of nitrogens with zero attached hydrogens (tertiary/aromatic N) is 2. The smallest absolute Gasteiger partial charge is 0.180 e. The topological polar surface area (TPSA) is 67.7 Å². The van der Waals surface area contributed by atoms with Gasteiger partial charge in [-0.1, -0.05) is 12.1 Å². The molecule has 0 saturated heterocycles. The van der Waals surface area contributed by atoms with Gasteiger partial charge < -0.3 is 19.3 Å². The van der Waals surface area contributed by atoms with Gasteiger partial charge in [0.1, 0.15) is 6.73 Å². The van der Waals surface area contributed by atoms with Crippen molar-refractivity contribution in [1.82, 2.24) is 19.1 Å². The summed E-state index contributed by atoms with van der Waals surface area (Å²) in [7, 11) is 3.55. The lowest BCUT2D eigenvalue weighted by Crippen LogP contribution is -1.98. The lowest BCUT2D eigenvalue weighted by Gasteiger charge is -2.00. The molecule has 0 amide bonds. The number of nitrogens with one attached hydrogen (secondary N) is 2. The van der Waals surface area contributed by atoms with Gasteiger partial charge in [0, 0.05) is 19.7 Å². The molecule has 0 spiro atoms. The van der Waals surface area contributed by atoms with Gasteiger partial charge in [-0.2, -0.15) is 0 Å². The van der Waals surface area contributed by atoms with Gasteiger partial charge in [0.2, 0.25) is 0 Å². The predicted molar refractivity (Wildman–Crippen MR) is 112 cm³/mol. The van der Waals surface area contributed by atoms with Crippen molar-refractivity contribution in [3.63, 3.8) is 0 Å². The third kappa shape index (κ3) is 3.92. The second-order valence-corrected chi connectivity index (χ2v) is 6.84. The van der Waals surface area contributed by atoms with E-state index in [2.05, 4.69) is 9.97 Å². The van der Waals surface area contributed by atoms with Gasteiger partial charge in [0.05, 0.1) is 22.1 Å². The average Bonchev–Trinajstić information content (AvgIpc) is 3.12. The Bertz CT molecular complexity index is 1230. The number of H-pyrrole nitrogens is 2. The number of ether oxygens (including phenoxy) is 1. The van der Waals surface area contributed by atoms with Crippen molar-refractivity contribution in [2.75, 3.05) is 7.11 Å². The first kappa shape index (κ1) is 19.2. The highest BCUT2D eigenvalue weighted by Crippen LogP contribution is 2.15. The first-order valence-corrected chi connectivity index (χ1v) is 9.10. The maximum atomic E-state index is 11.1. The zero-order valence-corrected chi connectivity index (χ0v) is 16.9. The van der Waals surface area contributed by atoms with Gasteiger partial charge >= 0.3 is 0 Å². The van der Waals surface area contributed by atoms with E-state index in [1.165, 1.54) is 0 Å². The lowest BCUT2D eigenvalue weighted by molar-refractivity contribution is 0.101. The van der Waals surface area contributed by atoms with Gasteiger partial charge in [0.25, 0.3) is 0 Å².